The maximum absolute atomic E-state index is 6.07. The summed E-state index contributed by atoms with van der Waals surface area (Å²) in [6.07, 6.45) is 0.115. The number of benzene rings is 1. The quantitative estimate of drug-likeness (QED) is 0.799. The van der Waals surface area contributed by atoms with Crippen molar-refractivity contribution in [1.29, 1.82) is 0 Å². The smallest absolute Gasteiger partial charge is 0.201 e. The average molecular weight is 287 g/mol. The van der Waals surface area contributed by atoms with Crippen LogP contribution in [0.3, 0.4) is 0 Å². The van der Waals surface area contributed by atoms with E-state index in [9.17, 15) is 0 Å². The Hall–Kier alpha value is -2.01. The van der Waals surface area contributed by atoms with Gasteiger partial charge in [-0.25, -0.2) is 4.98 Å². The van der Waals surface area contributed by atoms with Crippen LogP contribution in [0, 0.1) is 0 Å². The molecule has 0 aliphatic carbocycles. The molecule has 0 amide bonds. The molecule has 0 saturated heterocycles. The van der Waals surface area contributed by atoms with E-state index in [-0.39, 0.29) is 6.10 Å². The summed E-state index contributed by atoms with van der Waals surface area (Å²) in [6.45, 7) is 4.74. The Morgan fingerprint density at radius 3 is 2.90 bits per heavy atom. The van der Waals surface area contributed by atoms with Crippen molar-refractivity contribution in [3.8, 4) is 5.75 Å². The van der Waals surface area contributed by atoms with Gasteiger partial charge < -0.3 is 15.0 Å². The normalized spacial score (nSPS) is 11.3. The lowest BCUT2D eigenvalue weighted by molar-refractivity contribution is 0.245. The van der Waals surface area contributed by atoms with Crippen LogP contribution in [0.2, 0.25) is 0 Å². The second kappa shape index (κ2) is 5.17. The summed E-state index contributed by atoms with van der Waals surface area (Å²) in [4.78, 5) is 4.47. The molecule has 1 aromatic carbocycles. The van der Waals surface area contributed by atoms with E-state index in [4.69, 9.17) is 10.5 Å². The zero-order chi connectivity index (χ0) is 14.1. The molecule has 0 aliphatic heterocycles. The van der Waals surface area contributed by atoms with Crippen molar-refractivity contribution in [1.82, 2.24) is 9.55 Å². The first kappa shape index (κ1) is 13.0. The van der Waals surface area contributed by atoms with Crippen LogP contribution in [-0.2, 0) is 6.54 Å². The lowest BCUT2D eigenvalue weighted by Gasteiger charge is -2.10. The highest BCUT2D eigenvalue weighted by molar-refractivity contribution is 7.07. The van der Waals surface area contributed by atoms with E-state index in [1.54, 1.807) is 11.3 Å². The van der Waals surface area contributed by atoms with Gasteiger partial charge in [0.05, 0.1) is 18.2 Å². The lowest BCUT2D eigenvalue weighted by atomic mass is 10.2. The van der Waals surface area contributed by atoms with Crippen molar-refractivity contribution < 1.29 is 4.74 Å². The molecule has 3 aromatic rings. The molecule has 3 rings (SSSR count). The molecule has 0 aliphatic rings. The topological polar surface area (TPSA) is 53.1 Å². The molecule has 2 aromatic heterocycles. The van der Waals surface area contributed by atoms with Crippen LogP contribution in [0.1, 0.15) is 19.4 Å². The molecule has 20 heavy (non-hydrogen) atoms. The summed E-state index contributed by atoms with van der Waals surface area (Å²) in [7, 11) is 0. The minimum absolute atomic E-state index is 0.115. The van der Waals surface area contributed by atoms with Crippen LogP contribution in [-0.4, -0.2) is 15.7 Å². The zero-order valence-corrected chi connectivity index (χ0v) is 12.4. The van der Waals surface area contributed by atoms with Crippen LogP contribution in [0.4, 0.5) is 5.95 Å². The monoisotopic (exact) mass is 287 g/mol. The number of rotatable bonds is 4. The Morgan fingerprint density at radius 2 is 2.20 bits per heavy atom. The van der Waals surface area contributed by atoms with Gasteiger partial charge in [0.1, 0.15) is 11.3 Å². The first-order valence-corrected chi connectivity index (χ1v) is 7.52. The van der Waals surface area contributed by atoms with Gasteiger partial charge in [-0.3, -0.25) is 0 Å². The van der Waals surface area contributed by atoms with Crippen LogP contribution < -0.4 is 10.5 Å². The van der Waals surface area contributed by atoms with Gasteiger partial charge in [-0.15, -0.1) is 0 Å². The first-order chi connectivity index (χ1) is 9.65. The Bertz CT molecular complexity index is 716. The van der Waals surface area contributed by atoms with E-state index in [2.05, 4.69) is 21.8 Å². The number of nitrogens with two attached hydrogens (primary N) is 1. The molecule has 0 bridgehead atoms. The molecule has 0 radical (unpaired) electrons. The number of nitrogen functional groups attached to an aromatic ring is 1. The van der Waals surface area contributed by atoms with Gasteiger partial charge in [-0.05, 0) is 48.4 Å². The predicted molar refractivity (Wildman–Crippen MR) is 83.3 cm³/mol. The Balaban J connectivity index is 2.07. The number of fused-ring (bicyclic) bond motifs is 1. The summed E-state index contributed by atoms with van der Waals surface area (Å²) in [5.74, 6) is 1.30. The van der Waals surface area contributed by atoms with Gasteiger partial charge in [0.25, 0.3) is 0 Å². The number of ether oxygens (including phenoxy) is 1. The van der Waals surface area contributed by atoms with Crippen molar-refractivity contribution in [2.24, 2.45) is 0 Å². The summed E-state index contributed by atoms with van der Waals surface area (Å²) in [5, 5.41) is 4.19. The third kappa shape index (κ3) is 2.36. The van der Waals surface area contributed by atoms with Crippen molar-refractivity contribution >= 4 is 28.3 Å². The van der Waals surface area contributed by atoms with E-state index in [1.807, 2.05) is 36.6 Å². The molecule has 5 heteroatoms. The van der Waals surface area contributed by atoms with Gasteiger partial charge in [0.2, 0.25) is 5.95 Å². The summed E-state index contributed by atoms with van der Waals surface area (Å²) < 4.78 is 7.82. The highest BCUT2D eigenvalue weighted by Gasteiger charge is 2.13. The largest absolute Gasteiger partial charge is 0.489 e. The van der Waals surface area contributed by atoms with Crippen LogP contribution in [0.15, 0.2) is 35.0 Å². The third-order valence-corrected chi connectivity index (χ3v) is 3.79. The van der Waals surface area contributed by atoms with Crippen molar-refractivity contribution in [3.63, 3.8) is 0 Å². The number of anilines is 1. The van der Waals surface area contributed by atoms with E-state index in [1.165, 1.54) is 5.56 Å². The van der Waals surface area contributed by atoms with E-state index in [0.717, 1.165) is 23.3 Å². The van der Waals surface area contributed by atoms with E-state index >= 15 is 0 Å². The number of thiophene rings is 1. The Morgan fingerprint density at radius 1 is 1.35 bits per heavy atom. The van der Waals surface area contributed by atoms with Crippen molar-refractivity contribution in [2.45, 2.75) is 26.5 Å². The number of aromatic nitrogens is 2. The number of nitrogens with zero attached hydrogens (tertiary/aromatic N) is 2. The van der Waals surface area contributed by atoms with Gasteiger partial charge >= 0.3 is 0 Å². The summed E-state index contributed by atoms with van der Waals surface area (Å²) >= 11 is 1.69. The molecule has 104 valence electrons. The van der Waals surface area contributed by atoms with E-state index in [0.29, 0.717) is 5.95 Å². The highest BCUT2D eigenvalue weighted by atomic mass is 32.1. The van der Waals surface area contributed by atoms with Crippen molar-refractivity contribution in [3.05, 3.63) is 40.6 Å². The lowest BCUT2D eigenvalue weighted by Crippen LogP contribution is -2.06. The fourth-order valence-corrected chi connectivity index (χ4v) is 2.88. The average Bonchev–Trinajstić information content (AvgIpc) is 3.00. The molecule has 0 fully saturated rings. The summed E-state index contributed by atoms with van der Waals surface area (Å²) in [5.41, 5.74) is 9.14. The van der Waals surface area contributed by atoms with Crippen LogP contribution in [0.25, 0.3) is 11.0 Å². The predicted octanol–water partition coefficient (Wildman–Crippen LogP) is 3.52. The van der Waals surface area contributed by atoms with Gasteiger partial charge in [-0.1, -0.05) is 6.07 Å². The summed E-state index contributed by atoms with van der Waals surface area (Å²) in [6, 6.07) is 8.04. The SMILES string of the molecule is CC(C)Oc1cccc2c1nc(N)n2Cc1ccsc1. The van der Waals surface area contributed by atoms with Crippen molar-refractivity contribution in [2.75, 3.05) is 5.73 Å². The molecular formula is C15H17N3OS. The molecule has 4 nitrogen and oxygen atoms in total. The van der Waals surface area contributed by atoms with E-state index < -0.39 is 0 Å². The standard InChI is InChI=1S/C15H17N3OS/c1-10(2)19-13-5-3-4-12-14(13)17-15(16)18(12)8-11-6-7-20-9-11/h3-7,9-10H,8H2,1-2H3,(H2,16,17). The molecule has 0 atom stereocenters. The fourth-order valence-electron chi connectivity index (χ4n) is 2.22. The molecule has 2 heterocycles. The molecule has 0 spiro atoms. The second-order valence-electron chi connectivity index (χ2n) is 4.98. The maximum atomic E-state index is 6.07. The van der Waals surface area contributed by atoms with Crippen LogP contribution in [0.5, 0.6) is 5.75 Å². The maximum Gasteiger partial charge on any atom is 0.201 e. The molecule has 0 unspecified atom stereocenters. The number of hydrogen-bond donors (Lipinski definition) is 1. The van der Waals surface area contributed by atoms with Gasteiger partial charge in [0, 0.05) is 0 Å². The minimum atomic E-state index is 0.115. The first-order valence-electron chi connectivity index (χ1n) is 6.57. The number of hydrogen-bond acceptors (Lipinski definition) is 4. The third-order valence-electron chi connectivity index (χ3n) is 3.05. The number of imidazole rings is 1. The minimum Gasteiger partial charge on any atom is -0.489 e. The van der Waals surface area contributed by atoms with Gasteiger partial charge in [0.15, 0.2) is 0 Å². The molecule has 2 N–H and O–H groups in total. The molecule has 0 saturated carbocycles. The van der Waals surface area contributed by atoms with Gasteiger partial charge in [-0.2, -0.15) is 11.3 Å². The highest BCUT2D eigenvalue weighted by Crippen LogP contribution is 2.28. The fraction of sp³-hybridized carbons (Fsp3) is 0.267. The molecular weight excluding hydrogens is 270 g/mol. The Kier molecular flexibility index (Phi) is 3.36. The Labute approximate surface area is 121 Å². The van der Waals surface area contributed by atoms with Crippen LogP contribution >= 0.6 is 11.3 Å². The second-order valence-corrected chi connectivity index (χ2v) is 5.76. The number of para-hydroxylation sites is 1. The zero-order valence-electron chi connectivity index (χ0n) is 11.5.